The van der Waals surface area contributed by atoms with Crippen LogP contribution in [0.4, 0.5) is 0 Å². The number of hydrogen-bond donors (Lipinski definition) is 0. The summed E-state index contributed by atoms with van der Waals surface area (Å²) in [4.78, 5) is 0. The average Bonchev–Trinajstić information content (AvgIpc) is 3.00. The summed E-state index contributed by atoms with van der Waals surface area (Å²) in [5.41, 5.74) is 2.44. The highest BCUT2D eigenvalue weighted by atomic mass is 32.2. The standard InChI is InChI=1S/C19H30N4O2S2/c1-7-23-17(15-9-11-16(12-10-15)19(2,3)4)20-21-18(23)26-13-8-14-27(24,25)22(5)6/h9-12H,7-8,13-14H2,1-6H3. The highest BCUT2D eigenvalue weighted by molar-refractivity contribution is 7.99. The Labute approximate surface area is 167 Å². The van der Waals surface area contributed by atoms with E-state index < -0.39 is 10.0 Å². The van der Waals surface area contributed by atoms with Crippen molar-refractivity contribution < 1.29 is 8.42 Å². The van der Waals surface area contributed by atoms with Gasteiger partial charge in [0.15, 0.2) is 11.0 Å². The van der Waals surface area contributed by atoms with Gasteiger partial charge in [0, 0.05) is 32.0 Å². The maximum Gasteiger partial charge on any atom is 0.213 e. The Morgan fingerprint density at radius 3 is 2.26 bits per heavy atom. The molecule has 1 aromatic heterocycles. The summed E-state index contributed by atoms with van der Waals surface area (Å²) in [6.07, 6.45) is 0.581. The minimum atomic E-state index is -3.15. The SMILES string of the molecule is CCn1c(SCCCS(=O)(=O)N(C)C)nnc1-c1ccc(C(C)(C)C)cc1. The van der Waals surface area contributed by atoms with E-state index in [9.17, 15) is 8.42 Å². The van der Waals surface area contributed by atoms with Crippen LogP contribution < -0.4 is 0 Å². The molecule has 0 aliphatic carbocycles. The van der Waals surface area contributed by atoms with Gasteiger partial charge in [-0.05, 0) is 24.3 Å². The van der Waals surface area contributed by atoms with Gasteiger partial charge in [-0.2, -0.15) is 0 Å². The van der Waals surface area contributed by atoms with Gasteiger partial charge in [0.2, 0.25) is 10.0 Å². The van der Waals surface area contributed by atoms with E-state index in [2.05, 4.69) is 66.7 Å². The lowest BCUT2D eigenvalue weighted by molar-refractivity contribution is 0.520. The molecule has 0 saturated heterocycles. The second-order valence-electron chi connectivity index (χ2n) is 7.68. The van der Waals surface area contributed by atoms with Crippen LogP contribution in [0, 0.1) is 0 Å². The molecule has 8 heteroatoms. The summed E-state index contributed by atoms with van der Waals surface area (Å²) in [7, 11) is -0.0194. The molecule has 0 aliphatic rings. The Morgan fingerprint density at radius 1 is 1.11 bits per heavy atom. The van der Waals surface area contributed by atoms with Crippen molar-refractivity contribution >= 4 is 21.8 Å². The zero-order chi connectivity index (χ0) is 20.2. The molecule has 2 aromatic rings. The predicted molar refractivity (Wildman–Crippen MR) is 113 cm³/mol. The molecule has 0 N–H and O–H groups in total. The monoisotopic (exact) mass is 410 g/mol. The van der Waals surface area contributed by atoms with Gasteiger partial charge in [0.25, 0.3) is 0 Å². The van der Waals surface area contributed by atoms with E-state index in [1.807, 2.05) is 0 Å². The number of aromatic nitrogens is 3. The van der Waals surface area contributed by atoms with Crippen molar-refractivity contribution in [1.82, 2.24) is 19.1 Å². The van der Waals surface area contributed by atoms with Crippen molar-refractivity contribution in [3.63, 3.8) is 0 Å². The number of benzene rings is 1. The van der Waals surface area contributed by atoms with Crippen LogP contribution in [0.2, 0.25) is 0 Å². The van der Waals surface area contributed by atoms with Crippen LogP contribution in [0.3, 0.4) is 0 Å². The summed E-state index contributed by atoms with van der Waals surface area (Å²) in [5.74, 6) is 1.68. The van der Waals surface area contributed by atoms with Gasteiger partial charge < -0.3 is 4.57 Å². The fourth-order valence-electron chi connectivity index (χ4n) is 2.60. The largest absolute Gasteiger partial charge is 0.302 e. The van der Waals surface area contributed by atoms with Crippen molar-refractivity contribution in [1.29, 1.82) is 0 Å². The van der Waals surface area contributed by atoms with Crippen LogP contribution in [-0.4, -0.2) is 53.1 Å². The third kappa shape index (κ3) is 5.56. The lowest BCUT2D eigenvalue weighted by atomic mass is 9.87. The molecule has 0 atom stereocenters. The van der Waals surface area contributed by atoms with E-state index in [0.717, 1.165) is 23.1 Å². The summed E-state index contributed by atoms with van der Waals surface area (Å²) >= 11 is 1.55. The molecule has 2 rings (SSSR count). The van der Waals surface area contributed by atoms with Crippen LogP contribution in [0.1, 0.15) is 39.7 Å². The summed E-state index contributed by atoms with van der Waals surface area (Å²) in [5, 5.41) is 9.52. The van der Waals surface area contributed by atoms with Crippen LogP contribution in [0.15, 0.2) is 29.4 Å². The van der Waals surface area contributed by atoms with E-state index in [0.29, 0.717) is 12.2 Å². The van der Waals surface area contributed by atoms with Gasteiger partial charge in [-0.15, -0.1) is 10.2 Å². The lowest BCUT2D eigenvalue weighted by Crippen LogP contribution is -2.25. The molecule has 27 heavy (non-hydrogen) atoms. The molecule has 0 unspecified atom stereocenters. The minimum absolute atomic E-state index is 0.116. The van der Waals surface area contributed by atoms with Gasteiger partial charge in [-0.1, -0.05) is 56.8 Å². The van der Waals surface area contributed by atoms with Gasteiger partial charge in [-0.25, -0.2) is 12.7 Å². The highest BCUT2D eigenvalue weighted by Crippen LogP contribution is 2.27. The summed E-state index contributed by atoms with van der Waals surface area (Å²) in [6.45, 7) is 9.42. The Kier molecular flexibility index (Phi) is 7.10. The Balaban J connectivity index is 2.08. The normalized spacial score (nSPS) is 12.7. The van der Waals surface area contributed by atoms with Crippen LogP contribution >= 0.6 is 11.8 Å². The predicted octanol–water partition coefficient (Wildman–Crippen LogP) is 3.64. The van der Waals surface area contributed by atoms with E-state index in [1.165, 1.54) is 9.87 Å². The number of thioether (sulfide) groups is 1. The third-order valence-electron chi connectivity index (χ3n) is 4.38. The Hall–Kier alpha value is -1.38. The number of nitrogens with zero attached hydrogens (tertiary/aromatic N) is 4. The smallest absolute Gasteiger partial charge is 0.213 e. The lowest BCUT2D eigenvalue weighted by Gasteiger charge is -2.19. The maximum absolute atomic E-state index is 11.8. The second-order valence-corrected chi connectivity index (χ2v) is 11.0. The maximum atomic E-state index is 11.8. The molecule has 0 fully saturated rings. The molecule has 0 aliphatic heterocycles. The molecule has 0 radical (unpaired) electrons. The molecule has 1 heterocycles. The minimum Gasteiger partial charge on any atom is -0.302 e. The Morgan fingerprint density at radius 2 is 1.74 bits per heavy atom. The first kappa shape index (κ1) is 21.9. The summed E-state index contributed by atoms with van der Waals surface area (Å²) < 4.78 is 27.0. The molecule has 0 saturated carbocycles. The fourth-order valence-corrected chi connectivity index (χ4v) is 4.60. The zero-order valence-electron chi connectivity index (χ0n) is 17.1. The van der Waals surface area contributed by atoms with E-state index >= 15 is 0 Å². The number of rotatable bonds is 8. The molecular formula is C19H30N4O2S2. The third-order valence-corrected chi connectivity index (χ3v) is 7.35. The van der Waals surface area contributed by atoms with Crippen molar-refractivity contribution in [3.05, 3.63) is 29.8 Å². The van der Waals surface area contributed by atoms with Gasteiger partial charge in [0.05, 0.1) is 5.75 Å². The summed E-state index contributed by atoms with van der Waals surface area (Å²) in [6, 6.07) is 8.47. The number of sulfonamides is 1. The van der Waals surface area contributed by atoms with Crippen molar-refractivity contribution in [3.8, 4) is 11.4 Å². The molecule has 0 amide bonds. The molecule has 6 nitrogen and oxygen atoms in total. The van der Waals surface area contributed by atoms with Crippen molar-refractivity contribution in [2.24, 2.45) is 0 Å². The Bertz CT molecular complexity index is 851. The molecular weight excluding hydrogens is 380 g/mol. The fraction of sp³-hybridized carbons (Fsp3) is 0.579. The first-order valence-corrected chi connectivity index (χ1v) is 11.7. The van der Waals surface area contributed by atoms with E-state index in [4.69, 9.17) is 0 Å². The highest BCUT2D eigenvalue weighted by Gasteiger charge is 2.17. The molecule has 0 spiro atoms. The van der Waals surface area contributed by atoms with Gasteiger partial charge >= 0.3 is 0 Å². The first-order valence-electron chi connectivity index (χ1n) is 9.13. The van der Waals surface area contributed by atoms with Gasteiger partial charge in [-0.3, -0.25) is 0 Å². The van der Waals surface area contributed by atoms with Crippen LogP contribution in [-0.2, 0) is 22.0 Å². The van der Waals surface area contributed by atoms with Gasteiger partial charge in [0.1, 0.15) is 0 Å². The topological polar surface area (TPSA) is 68.1 Å². The second kappa shape index (κ2) is 8.75. The zero-order valence-corrected chi connectivity index (χ0v) is 18.7. The van der Waals surface area contributed by atoms with Crippen molar-refractivity contribution in [2.45, 2.75) is 51.2 Å². The molecule has 0 bridgehead atoms. The number of hydrogen-bond acceptors (Lipinski definition) is 5. The van der Waals surface area contributed by atoms with Crippen LogP contribution in [0.25, 0.3) is 11.4 Å². The average molecular weight is 411 g/mol. The molecule has 150 valence electrons. The quantitative estimate of drug-likeness (QED) is 0.491. The molecule has 1 aromatic carbocycles. The van der Waals surface area contributed by atoms with E-state index in [-0.39, 0.29) is 11.2 Å². The van der Waals surface area contributed by atoms with Crippen molar-refractivity contribution in [2.75, 3.05) is 25.6 Å². The first-order chi connectivity index (χ1) is 12.6. The van der Waals surface area contributed by atoms with E-state index in [1.54, 1.807) is 25.9 Å². The van der Waals surface area contributed by atoms with Crippen LogP contribution in [0.5, 0.6) is 0 Å².